The van der Waals surface area contributed by atoms with E-state index in [1.165, 1.54) is 10.4 Å². The van der Waals surface area contributed by atoms with E-state index in [9.17, 15) is 0 Å². The first-order valence-corrected chi connectivity index (χ1v) is 9.60. The molecule has 8 heteroatoms. The van der Waals surface area contributed by atoms with Crippen LogP contribution < -0.4 is 0 Å². The van der Waals surface area contributed by atoms with E-state index in [1.54, 1.807) is 23.7 Å². The summed E-state index contributed by atoms with van der Waals surface area (Å²) in [5, 5.41) is 18.5. The zero-order chi connectivity index (χ0) is 18.5. The Bertz CT molecular complexity index is 1410. The molecule has 6 rings (SSSR count). The molecule has 0 aliphatic heterocycles. The third-order valence-electron chi connectivity index (χ3n) is 4.83. The first-order chi connectivity index (χ1) is 13.9. The van der Waals surface area contributed by atoms with E-state index >= 15 is 0 Å². The molecule has 0 aliphatic rings. The van der Waals surface area contributed by atoms with Gasteiger partial charge in [-0.2, -0.15) is 10.2 Å². The summed E-state index contributed by atoms with van der Waals surface area (Å²) >= 11 is 1.72. The molecule has 7 nitrogen and oxygen atoms in total. The first-order valence-electron chi connectivity index (χ1n) is 8.72. The summed E-state index contributed by atoms with van der Waals surface area (Å²) in [5.41, 5.74) is 6.49. The van der Waals surface area contributed by atoms with Gasteiger partial charge in [0.15, 0.2) is 5.65 Å². The lowest BCUT2D eigenvalue weighted by molar-refractivity contribution is 1.09. The minimum Gasteiger partial charge on any atom is -0.338 e. The normalized spacial score (nSPS) is 11.6. The van der Waals surface area contributed by atoms with Gasteiger partial charge in [-0.15, -0.1) is 11.3 Å². The summed E-state index contributed by atoms with van der Waals surface area (Å²) in [6.07, 6.45) is 7.27. The standard InChI is InChI=1S/C20H13N7S/c1-2-17(28-5-1)13-3-4-21-19-14(13)7-16(25-19)18-15-6-11(12-9-23-24-10-12)8-22-20(15)27-26-18/h1-10H,(H,21,25)(H,23,24)(H,22,26,27). The number of nitrogens with one attached hydrogen (secondary N) is 3. The molecule has 134 valence electrons. The van der Waals surface area contributed by atoms with Gasteiger partial charge >= 0.3 is 0 Å². The Hall–Kier alpha value is -3.78. The Labute approximate surface area is 162 Å². The number of fused-ring (bicyclic) bond motifs is 2. The summed E-state index contributed by atoms with van der Waals surface area (Å²) in [5.74, 6) is 0. The summed E-state index contributed by atoms with van der Waals surface area (Å²) in [4.78, 5) is 13.6. The second kappa shape index (κ2) is 5.86. The third kappa shape index (κ3) is 2.28. The number of H-pyrrole nitrogens is 3. The lowest BCUT2D eigenvalue weighted by Crippen LogP contribution is -1.82. The fraction of sp³-hybridized carbons (Fsp3) is 0. The van der Waals surface area contributed by atoms with Crippen molar-refractivity contribution >= 4 is 33.4 Å². The molecular weight excluding hydrogens is 370 g/mol. The molecule has 6 aromatic rings. The van der Waals surface area contributed by atoms with Gasteiger partial charge in [-0.1, -0.05) is 6.07 Å². The van der Waals surface area contributed by atoms with Crippen molar-refractivity contribution in [2.24, 2.45) is 0 Å². The predicted molar refractivity (Wildman–Crippen MR) is 110 cm³/mol. The molecule has 6 heterocycles. The van der Waals surface area contributed by atoms with Crippen LogP contribution in [0.1, 0.15) is 0 Å². The van der Waals surface area contributed by atoms with Crippen molar-refractivity contribution in [2.45, 2.75) is 0 Å². The van der Waals surface area contributed by atoms with Gasteiger partial charge in [0.25, 0.3) is 0 Å². The zero-order valence-corrected chi connectivity index (χ0v) is 15.3. The van der Waals surface area contributed by atoms with E-state index in [1.807, 2.05) is 12.4 Å². The van der Waals surface area contributed by atoms with E-state index in [-0.39, 0.29) is 0 Å². The van der Waals surface area contributed by atoms with Crippen LogP contribution >= 0.6 is 11.3 Å². The molecule has 0 aromatic carbocycles. The lowest BCUT2D eigenvalue weighted by atomic mass is 10.1. The summed E-state index contributed by atoms with van der Waals surface area (Å²) in [6.45, 7) is 0. The van der Waals surface area contributed by atoms with Gasteiger partial charge in [0.05, 0.1) is 17.6 Å². The number of thiophene rings is 1. The number of hydrogen-bond donors (Lipinski definition) is 3. The molecule has 0 saturated heterocycles. The van der Waals surface area contributed by atoms with Crippen LogP contribution in [0.25, 0.3) is 55.0 Å². The largest absolute Gasteiger partial charge is 0.338 e. The van der Waals surface area contributed by atoms with Gasteiger partial charge in [-0.3, -0.25) is 10.2 Å². The van der Waals surface area contributed by atoms with Gasteiger partial charge < -0.3 is 4.98 Å². The van der Waals surface area contributed by atoms with Gasteiger partial charge in [-0.05, 0) is 29.6 Å². The molecular formula is C20H13N7S. The van der Waals surface area contributed by atoms with Crippen molar-refractivity contribution in [3.63, 3.8) is 0 Å². The second-order valence-electron chi connectivity index (χ2n) is 6.46. The Balaban J connectivity index is 1.55. The molecule has 0 aliphatic carbocycles. The fourth-order valence-corrected chi connectivity index (χ4v) is 4.25. The van der Waals surface area contributed by atoms with Gasteiger partial charge in [0.2, 0.25) is 0 Å². The predicted octanol–water partition coefficient (Wildman–Crippen LogP) is 4.62. The highest BCUT2D eigenvalue weighted by Gasteiger charge is 2.15. The average Bonchev–Trinajstić information content (AvgIpc) is 3.53. The molecule has 28 heavy (non-hydrogen) atoms. The van der Waals surface area contributed by atoms with Crippen molar-refractivity contribution in [3.05, 3.63) is 60.5 Å². The number of rotatable bonds is 3. The summed E-state index contributed by atoms with van der Waals surface area (Å²) < 4.78 is 0. The van der Waals surface area contributed by atoms with Crippen molar-refractivity contribution < 1.29 is 0 Å². The number of nitrogens with zero attached hydrogens (tertiary/aromatic N) is 4. The van der Waals surface area contributed by atoms with Gasteiger partial charge in [0.1, 0.15) is 5.65 Å². The molecule has 0 saturated carbocycles. The van der Waals surface area contributed by atoms with Crippen LogP contribution in [0.2, 0.25) is 0 Å². The minimum absolute atomic E-state index is 0.673. The Morgan fingerprint density at radius 3 is 2.82 bits per heavy atom. The zero-order valence-electron chi connectivity index (χ0n) is 14.5. The van der Waals surface area contributed by atoms with Gasteiger partial charge in [-0.25, -0.2) is 9.97 Å². The number of pyridine rings is 2. The molecule has 0 bridgehead atoms. The Kier molecular flexibility index (Phi) is 3.20. The fourth-order valence-electron chi connectivity index (χ4n) is 3.48. The number of hydrogen-bond acceptors (Lipinski definition) is 5. The molecule has 0 radical (unpaired) electrons. The highest BCUT2D eigenvalue weighted by Crippen LogP contribution is 2.35. The van der Waals surface area contributed by atoms with Crippen molar-refractivity contribution in [2.75, 3.05) is 0 Å². The Morgan fingerprint density at radius 2 is 1.96 bits per heavy atom. The SMILES string of the molecule is c1csc(-c2ccnc3[nH]c(-c4[nH]nc5ncc(-c6cn[nH]c6)cc45)cc23)c1. The van der Waals surface area contributed by atoms with E-state index < -0.39 is 0 Å². The third-order valence-corrected chi connectivity index (χ3v) is 5.73. The lowest BCUT2D eigenvalue weighted by Gasteiger charge is -1.98. The van der Waals surface area contributed by atoms with E-state index in [0.717, 1.165) is 38.9 Å². The van der Waals surface area contributed by atoms with Crippen molar-refractivity contribution in [1.29, 1.82) is 0 Å². The molecule has 0 atom stereocenters. The number of aromatic amines is 3. The monoisotopic (exact) mass is 383 g/mol. The van der Waals surface area contributed by atoms with E-state index in [4.69, 9.17) is 0 Å². The second-order valence-corrected chi connectivity index (χ2v) is 7.41. The average molecular weight is 383 g/mol. The maximum atomic E-state index is 4.51. The van der Waals surface area contributed by atoms with Crippen LogP contribution in [0.3, 0.4) is 0 Å². The quantitative estimate of drug-likeness (QED) is 0.415. The van der Waals surface area contributed by atoms with Crippen LogP contribution in [-0.4, -0.2) is 35.3 Å². The topological polar surface area (TPSA) is 98.9 Å². The summed E-state index contributed by atoms with van der Waals surface area (Å²) in [6, 6.07) is 10.4. The van der Waals surface area contributed by atoms with Crippen LogP contribution in [0.4, 0.5) is 0 Å². The molecule has 0 unspecified atom stereocenters. The van der Waals surface area contributed by atoms with E-state index in [0.29, 0.717) is 5.65 Å². The van der Waals surface area contributed by atoms with Crippen LogP contribution in [0.15, 0.2) is 60.5 Å². The smallest absolute Gasteiger partial charge is 0.181 e. The highest BCUT2D eigenvalue weighted by molar-refractivity contribution is 7.13. The summed E-state index contributed by atoms with van der Waals surface area (Å²) in [7, 11) is 0. The maximum Gasteiger partial charge on any atom is 0.181 e. The van der Waals surface area contributed by atoms with Crippen molar-refractivity contribution in [3.8, 4) is 33.0 Å². The highest BCUT2D eigenvalue weighted by atomic mass is 32.1. The van der Waals surface area contributed by atoms with E-state index in [2.05, 4.69) is 71.1 Å². The van der Waals surface area contributed by atoms with Crippen LogP contribution in [0.5, 0.6) is 0 Å². The van der Waals surface area contributed by atoms with Crippen LogP contribution in [-0.2, 0) is 0 Å². The molecule has 3 N–H and O–H groups in total. The molecule has 6 aromatic heterocycles. The molecule has 0 fully saturated rings. The maximum absolute atomic E-state index is 4.51. The minimum atomic E-state index is 0.673. The molecule has 0 spiro atoms. The van der Waals surface area contributed by atoms with Crippen LogP contribution in [0, 0.1) is 0 Å². The molecule has 0 amide bonds. The van der Waals surface area contributed by atoms with Gasteiger partial charge in [0, 0.05) is 50.9 Å². The number of aromatic nitrogens is 7. The Morgan fingerprint density at radius 1 is 0.964 bits per heavy atom. The van der Waals surface area contributed by atoms with Crippen molar-refractivity contribution in [1.82, 2.24) is 35.3 Å². The first kappa shape index (κ1) is 15.3.